The van der Waals surface area contributed by atoms with Gasteiger partial charge < -0.3 is 0 Å². The topological polar surface area (TPSA) is 82.0 Å². The number of hydrogen-bond acceptors (Lipinski definition) is 4. The maximum Gasteiger partial charge on any atom is 0.274 e. The first-order valence-electron chi connectivity index (χ1n) is 6.74. The molecule has 8 heteroatoms. The lowest BCUT2D eigenvalue weighted by atomic mass is 10.1. The van der Waals surface area contributed by atoms with Crippen molar-refractivity contribution in [3.63, 3.8) is 0 Å². The molecule has 124 valence electrons. The first kappa shape index (κ1) is 17.2. The summed E-state index contributed by atoms with van der Waals surface area (Å²) < 4.78 is 27.0. The molecule has 2 N–H and O–H groups in total. The van der Waals surface area contributed by atoms with E-state index in [1.807, 2.05) is 0 Å². The molecule has 0 heterocycles. The van der Waals surface area contributed by atoms with Gasteiger partial charge in [0.25, 0.3) is 11.8 Å². The summed E-state index contributed by atoms with van der Waals surface area (Å²) in [7, 11) is 1.34. The van der Waals surface area contributed by atoms with Gasteiger partial charge in [0.1, 0.15) is 11.6 Å². The largest absolute Gasteiger partial charge is 0.288 e. The van der Waals surface area contributed by atoms with Crippen LogP contribution in [0.4, 0.5) is 8.78 Å². The zero-order valence-electron chi connectivity index (χ0n) is 12.5. The number of rotatable bonds is 4. The van der Waals surface area contributed by atoms with Crippen molar-refractivity contribution >= 4 is 18.0 Å². The fraction of sp³-hybridized carbons (Fsp3) is 0.0625. The van der Waals surface area contributed by atoms with E-state index in [9.17, 15) is 18.4 Å². The number of benzene rings is 2. The van der Waals surface area contributed by atoms with Crippen molar-refractivity contribution in [2.45, 2.75) is 0 Å². The normalized spacial score (nSPS) is 10.7. The standard InChI is InChI=1S/C16H13F2N3O3/c1-21(16(23)11-3-2-4-13(17)7-11)19-9-12-6-5-10(8-14(12)18)15(22)20-24/h2-9,24H,1H3,(H,20,22). The second-order valence-electron chi connectivity index (χ2n) is 4.76. The Bertz CT molecular complexity index is 809. The lowest BCUT2D eigenvalue weighted by molar-refractivity contribution is 0.0705. The molecule has 2 amide bonds. The molecule has 0 saturated heterocycles. The SMILES string of the molecule is CN(N=Cc1ccc(C(=O)NO)cc1F)C(=O)c1cccc(F)c1. The number of nitrogens with one attached hydrogen (secondary N) is 1. The maximum atomic E-state index is 13.9. The van der Waals surface area contributed by atoms with Crippen LogP contribution in [0.25, 0.3) is 0 Å². The number of carbonyl (C=O) groups excluding carboxylic acids is 2. The first-order valence-corrected chi connectivity index (χ1v) is 6.74. The first-order chi connectivity index (χ1) is 11.4. The number of hydroxylamine groups is 1. The Hall–Kier alpha value is -3.13. The molecule has 2 aromatic rings. The summed E-state index contributed by atoms with van der Waals surface area (Å²) in [4.78, 5) is 23.2. The molecule has 6 nitrogen and oxygen atoms in total. The molecule has 0 radical (unpaired) electrons. The Labute approximate surface area is 136 Å². The predicted octanol–water partition coefficient (Wildman–Crippen LogP) is 2.19. The van der Waals surface area contributed by atoms with Gasteiger partial charge >= 0.3 is 0 Å². The minimum Gasteiger partial charge on any atom is -0.288 e. The summed E-state index contributed by atoms with van der Waals surface area (Å²) in [6, 6.07) is 8.57. The van der Waals surface area contributed by atoms with E-state index in [-0.39, 0.29) is 16.7 Å². The molecule has 24 heavy (non-hydrogen) atoms. The molecule has 0 unspecified atom stereocenters. The van der Waals surface area contributed by atoms with Crippen LogP contribution in [0, 0.1) is 11.6 Å². The highest BCUT2D eigenvalue weighted by Crippen LogP contribution is 2.10. The van der Waals surface area contributed by atoms with Gasteiger partial charge in [0.15, 0.2) is 0 Å². The van der Waals surface area contributed by atoms with Crippen molar-refractivity contribution in [2.75, 3.05) is 7.05 Å². The zero-order valence-corrected chi connectivity index (χ0v) is 12.5. The van der Waals surface area contributed by atoms with Crippen molar-refractivity contribution in [3.8, 4) is 0 Å². The molecule has 0 bridgehead atoms. The molecule has 2 aromatic carbocycles. The van der Waals surface area contributed by atoms with Gasteiger partial charge in [-0.25, -0.2) is 19.3 Å². The van der Waals surface area contributed by atoms with Crippen LogP contribution in [0.1, 0.15) is 26.3 Å². The van der Waals surface area contributed by atoms with Crippen LogP contribution in [0.5, 0.6) is 0 Å². The van der Waals surface area contributed by atoms with Gasteiger partial charge in [0.05, 0.1) is 6.21 Å². The second-order valence-corrected chi connectivity index (χ2v) is 4.76. The highest BCUT2D eigenvalue weighted by atomic mass is 19.1. The van der Waals surface area contributed by atoms with Gasteiger partial charge in [-0.2, -0.15) is 5.10 Å². The van der Waals surface area contributed by atoms with E-state index in [0.717, 1.165) is 23.4 Å². The van der Waals surface area contributed by atoms with Crippen LogP contribution < -0.4 is 5.48 Å². The predicted molar refractivity (Wildman–Crippen MR) is 81.7 cm³/mol. The van der Waals surface area contributed by atoms with E-state index in [2.05, 4.69) is 5.10 Å². The lowest BCUT2D eigenvalue weighted by Crippen LogP contribution is -2.21. The summed E-state index contributed by atoms with van der Waals surface area (Å²) in [5, 5.41) is 13.2. The fourth-order valence-corrected chi connectivity index (χ4v) is 1.85. The van der Waals surface area contributed by atoms with E-state index in [1.54, 1.807) is 0 Å². The highest BCUT2D eigenvalue weighted by Gasteiger charge is 2.12. The molecule has 0 aliphatic rings. The third kappa shape index (κ3) is 3.99. The summed E-state index contributed by atoms with van der Waals surface area (Å²) in [5.41, 5.74) is 1.45. The Kier molecular flexibility index (Phi) is 5.33. The minimum atomic E-state index is -0.851. The maximum absolute atomic E-state index is 13.9. The zero-order chi connectivity index (χ0) is 17.7. The molecule has 0 spiro atoms. The van der Waals surface area contributed by atoms with Gasteiger partial charge in [0, 0.05) is 23.7 Å². The molecular formula is C16H13F2N3O3. The van der Waals surface area contributed by atoms with Crippen molar-refractivity contribution in [1.29, 1.82) is 0 Å². The monoisotopic (exact) mass is 333 g/mol. The van der Waals surface area contributed by atoms with Crippen molar-refractivity contribution in [2.24, 2.45) is 5.10 Å². The van der Waals surface area contributed by atoms with Gasteiger partial charge in [-0.15, -0.1) is 0 Å². The molecule has 0 fully saturated rings. The van der Waals surface area contributed by atoms with Crippen LogP contribution in [0.3, 0.4) is 0 Å². The van der Waals surface area contributed by atoms with Gasteiger partial charge in [-0.05, 0) is 36.4 Å². The molecule has 0 saturated carbocycles. The third-order valence-electron chi connectivity index (χ3n) is 3.10. The Balaban J connectivity index is 2.15. The third-order valence-corrected chi connectivity index (χ3v) is 3.10. The molecule has 0 aliphatic carbocycles. The van der Waals surface area contributed by atoms with Gasteiger partial charge in [-0.3, -0.25) is 14.8 Å². The van der Waals surface area contributed by atoms with Gasteiger partial charge in [-0.1, -0.05) is 6.07 Å². The van der Waals surface area contributed by atoms with Crippen LogP contribution >= 0.6 is 0 Å². The van der Waals surface area contributed by atoms with E-state index in [4.69, 9.17) is 5.21 Å². The number of hydrogen-bond donors (Lipinski definition) is 2. The van der Waals surface area contributed by atoms with E-state index >= 15 is 0 Å². The van der Waals surface area contributed by atoms with E-state index < -0.39 is 23.4 Å². The minimum absolute atomic E-state index is 0.0309. The average molecular weight is 333 g/mol. The summed E-state index contributed by atoms with van der Waals surface area (Å²) in [5.74, 6) is -2.73. The number of carbonyl (C=O) groups is 2. The van der Waals surface area contributed by atoms with Crippen molar-refractivity contribution in [3.05, 3.63) is 70.8 Å². The van der Waals surface area contributed by atoms with Gasteiger partial charge in [0.2, 0.25) is 0 Å². The molecular weight excluding hydrogens is 320 g/mol. The van der Waals surface area contributed by atoms with Crippen molar-refractivity contribution < 1.29 is 23.6 Å². The molecule has 2 rings (SSSR count). The number of amides is 2. The van der Waals surface area contributed by atoms with Crippen LogP contribution in [-0.4, -0.2) is 35.3 Å². The van der Waals surface area contributed by atoms with Crippen molar-refractivity contribution in [1.82, 2.24) is 10.5 Å². The molecule has 0 aromatic heterocycles. The Morgan fingerprint density at radius 3 is 2.54 bits per heavy atom. The Morgan fingerprint density at radius 1 is 1.17 bits per heavy atom. The number of halogens is 2. The lowest BCUT2D eigenvalue weighted by Gasteiger charge is -2.11. The fourth-order valence-electron chi connectivity index (χ4n) is 1.85. The summed E-state index contributed by atoms with van der Waals surface area (Å²) in [6.45, 7) is 0. The van der Waals surface area contributed by atoms with E-state index in [1.165, 1.54) is 42.9 Å². The molecule has 0 aliphatic heterocycles. The number of hydrazone groups is 1. The van der Waals surface area contributed by atoms with Crippen LogP contribution in [-0.2, 0) is 0 Å². The smallest absolute Gasteiger partial charge is 0.274 e. The second kappa shape index (κ2) is 7.42. The van der Waals surface area contributed by atoms with E-state index in [0.29, 0.717) is 0 Å². The summed E-state index contributed by atoms with van der Waals surface area (Å²) in [6.07, 6.45) is 1.09. The average Bonchev–Trinajstić information content (AvgIpc) is 2.58. The Morgan fingerprint density at radius 2 is 1.92 bits per heavy atom. The van der Waals surface area contributed by atoms with Crippen LogP contribution in [0.15, 0.2) is 47.6 Å². The van der Waals surface area contributed by atoms with Crippen LogP contribution in [0.2, 0.25) is 0 Å². The molecule has 0 atom stereocenters. The number of nitrogens with zero attached hydrogens (tertiary/aromatic N) is 2. The highest BCUT2D eigenvalue weighted by molar-refractivity contribution is 5.95. The quantitative estimate of drug-likeness (QED) is 0.511. The summed E-state index contributed by atoms with van der Waals surface area (Å²) >= 11 is 0.